The second-order valence-electron chi connectivity index (χ2n) is 6.50. The van der Waals surface area contributed by atoms with Crippen LogP contribution in [0.3, 0.4) is 0 Å². The van der Waals surface area contributed by atoms with Gasteiger partial charge in [-0.2, -0.15) is 0 Å². The number of thioether (sulfide) groups is 1. The van der Waals surface area contributed by atoms with Crippen LogP contribution in [0.1, 0.15) is 5.56 Å². The molecule has 1 N–H and O–H groups in total. The second kappa shape index (κ2) is 11.2. The molecule has 1 aliphatic rings. The summed E-state index contributed by atoms with van der Waals surface area (Å²) in [5, 5.41) is 9.41. The molecule has 1 aliphatic heterocycles. The number of para-hydroxylation sites is 1. The predicted molar refractivity (Wildman–Crippen MR) is 127 cm³/mol. The SMILES string of the molecule is COCCN1C(=O)/C(=C\c2cc(OC)c(OCC(=O)O)cc2Br)SC1=Nc1ccccc1. The lowest BCUT2D eigenvalue weighted by Crippen LogP contribution is -2.32. The Morgan fingerprint density at radius 2 is 1.97 bits per heavy atom. The number of carbonyl (C=O) groups excluding carboxylic acids is 1. The predicted octanol–water partition coefficient (Wildman–Crippen LogP) is 4.17. The van der Waals surface area contributed by atoms with Gasteiger partial charge < -0.3 is 19.3 Å². The number of carboxylic acid groups (broad SMARTS) is 1. The first-order valence-corrected chi connectivity index (χ1v) is 11.1. The molecule has 8 nitrogen and oxygen atoms in total. The molecule has 10 heteroatoms. The molecule has 3 rings (SSSR count). The van der Waals surface area contributed by atoms with Gasteiger partial charge in [-0.05, 0) is 47.7 Å². The molecule has 2 aromatic carbocycles. The molecule has 0 unspecified atom stereocenters. The zero-order chi connectivity index (χ0) is 23.1. The van der Waals surface area contributed by atoms with E-state index in [1.54, 1.807) is 30.2 Å². The Balaban J connectivity index is 1.94. The number of aliphatic imine (C=N–C) groups is 1. The number of ether oxygens (including phenoxy) is 3. The lowest BCUT2D eigenvalue weighted by Gasteiger charge is -2.14. The Morgan fingerprint density at radius 3 is 2.62 bits per heavy atom. The highest BCUT2D eigenvalue weighted by atomic mass is 79.9. The molecule has 1 saturated heterocycles. The van der Waals surface area contributed by atoms with E-state index in [2.05, 4.69) is 20.9 Å². The molecule has 0 bridgehead atoms. The Hall–Kier alpha value is -2.82. The molecule has 0 saturated carbocycles. The zero-order valence-electron chi connectivity index (χ0n) is 17.4. The zero-order valence-corrected chi connectivity index (χ0v) is 19.8. The van der Waals surface area contributed by atoms with Crippen LogP contribution in [0.5, 0.6) is 11.5 Å². The van der Waals surface area contributed by atoms with Crippen LogP contribution in [0.15, 0.2) is 56.8 Å². The molecule has 0 aromatic heterocycles. The number of rotatable bonds is 9. The van der Waals surface area contributed by atoms with Gasteiger partial charge in [0.05, 0.1) is 30.9 Å². The van der Waals surface area contributed by atoms with Gasteiger partial charge in [0.25, 0.3) is 5.91 Å². The van der Waals surface area contributed by atoms with Crippen molar-refractivity contribution in [3.8, 4) is 11.5 Å². The molecule has 1 fully saturated rings. The topological polar surface area (TPSA) is 97.7 Å². The highest BCUT2D eigenvalue weighted by Gasteiger charge is 2.33. The number of carboxylic acids is 1. The summed E-state index contributed by atoms with van der Waals surface area (Å²) in [7, 11) is 3.04. The minimum absolute atomic E-state index is 0.182. The van der Waals surface area contributed by atoms with Gasteiger partial charge in [0.1, 0.15) is 0 Å². The first kappa shape index (κ1) is 23.8. The molecule has 0 radical (unpaired) electrons. The van der Waals surface area contributed by atoms with E-state index in [4.69, 9.17) is 19.3 Å². The van der Waals surface area contributed by atoms with Crippen molar-refractivity contribution in [2.75, 3.05) is 34.0 Å². The normalized spacial score (nSPS) is 16.1. The summed E-state index contributed by atoms with van der Waals surface area (Å²) in [6, 6.07) is 12.7. The standard InChI is InChI=1S/C22H21BrN2O6S/c1-29-9-8-25-21(28)19(32-22(25)24-15-6-4-3-5-7-15)11-14-10-17(30-2)18(12-16(14)23)31-13-20(26)27/h3-7,10-12H,8-9,13H2,1-2H3,(H,26,27)/b19-11+,24-22?. The third-order valence-corrected chi connectivity index (χ3v) is 6.00. The van der Waals surface area contributed by atoms with E-state index < -0.39 is 12.6 Å². The van der Waals surface area contributed by atoms with Crippen LogP contribution >= 0.6 is 27.7 Å². The van der Waals surface area contributed by atoms with Gasteiger partial charge in [-0.25, -0.2) is 9.79 Å². The minimum Gasteiger partial charge on any atom is -0.493 e. The second-order valence-corrected chi connectivity index (χ2v) is 8.36. The summed E-state index contributed by atoms with van der Waals surface area (Å²) in [4.78, 5) is 30.6. The lowest BCUT2D eigenvalue weighted by molar-refractivity contribution is -0.139. The number of amides is 1. The van der Waals surface area contributed by atoms with Crippen molar-refractivity contribution in [2.45, 2.75) is 0 Å². The van der Waals surface area contributed by atoms with Crippen LogP contribution in [0.2, 0.25) is 0 Å². The Morgan fingerprint density at radius 1 is 1.22 bits per heavy atom. The van der Waals surface area contributed by atoms with Crippen LogP contribution in [0.4, 0.5) is 5.69 Å². The number of aliphatic carboxylic acids is 1. The first-order chi connectivity index (χ1) is 15.4. The molecule has 32 heavy (non-hydrogen) atoms. The summed E-state index contributed by atoms with van der Waals surface area (Å²) in [5.74, 6) is -0.643. The molecular formula is C22H21BrN2O6S. The Bertz CT molecular complexity index is 1060. The number of amidine groups is 1. The number of halogens is 1. The van der Waals surface area contributed by atoms with Crippen LogP contribution in [0.25, 0.3) is 6.08 Å². The van der Waals surface area contributed by atoms with E-state index >= 15 is 0 Å². The van der Waals surface area contributed by atoms with Gasteiger partial charge >= 0.3 is 5.97 Å². The molecule has 0 atom stereocenters. The highest BCUT2D eigenvalue weighted by molar-refractivity contribution is 9.10. The minimum atomic E-state index is -1.09. The maximum atomic E-state index is 13.1. The van der Waals surface area contributed by atoms with Gasteiger partial charge in [-0.15, -0.1) is 0 Å². The molecule has 1 amide bonds. The van der Waals surface area contributed by atoms with Crippen molar-refractivity contribution < 1.29 is 28.9 Å². The van der Waals surface area contributed by atoms with E-state index in [0.717, 1.165) is 5.69 Å². The number of hydrogen-bond acceptors (Lipinski definition) is 7. The van der Waals surface area contributed by atoms with Crippen molar-refractivity contribution in [1.29, 1.82) is 0 Å². The fourth-order valence-corrected chi connectivity index (χ4v) is 4.25. The van der Waals surface area contributed by atoms with E-state index in [-0.39, 0.29) is 11.7 Å². The van der Waals surface area contributed by atoms with E-state index in [9.17, 15) is 9.59 Å². The third kappa shape index (κ3) is 5.90. The van der Waals surface area contributed by atoms with Crippen molar-refractivity contribution in [3.05, 3.63) is 57.4 Å². The van der Waals surface area contributed by atoms with Crippen LogP contribution < -0.4 is 9.47 Å². The van der Waals surface area contributed by atoms with Crippen molar-refractivity contribution in [3.63, 3.8) is 0 Å². The molecule has 168 valence electrons. The Labute approximate surface area is 198 Å². The molecular weight excluding hydrogens is 500 g/mol. The van der Waals surface area contributed by atoms with Crippen LogP contribution in [-0.2, 0) is 14.3 Å². The molecule has 1 heterocycles. The Kier molecular flexibility index (Phi) is 8.32. The number of methoxy groups -OCH3 is 2. The van der Waals surface area contributed by atoms with E-state index in [0.29, 0.717) is 39.0 Å². The summed E-state index contributed by atoms with van der Waals surface area (Å²) >= 11 is 4.73. The largest absolute Gasteiger partial charge is 0.493 e. The van der Waals surface area contributed by atoms with E-state index in [1.165, 1.54) is 18.9 Å². The first-order valence-electron chi connectivity index (χ1n) is 9.49. The fraction of sp³-hybridized carbons (Fsp3) is 0.227. The fourth-order valence-electron chi connectivity index (χ4n) is 2.80. The van der Waals surface area contributed by atoms with Crippen molar-refractivity contribution in [2.24, 2.45) is 4.99 Å². The number of hydrogen-bond donors (Lipinski definition) is 1. The average molecular weight is 521 g/mol. The monoisotopic (exact) mass is 520 g/mol. The number of carbonyl (C=O) groups is 2. The van der Waals surface area contributed by atoms with E-state index in [1.807, 2.05) is 30.3 Å². The average Bonchev–Trinajstić information content (AvgIpc) is 3.06. The lowest BCUT2D eigenvalue weighted by atomic mass is 10.2. The summed E-state index contributed by atoms with van der Waals surface area (Å²) in [6.45, 7) is 0.254. The van der Waals surface area contributed by atoms with Gasteiger partial charge in [-0.1, -0.05) is 34.1 Å². The van der Waals surface area contributed by atoms with Gasteiger partial charge in [0.2, 0.25) is 0 Å². The summed E-state index contributed by atoms with van der Waals surface area (Å²) in [5.41, 5.74) is 1.42. The number of nitrogens with zero attached hydrogens (tertiary/aromatic N) is 2. The quantitative estimate of drug-likeness (QED) is 0.495. The van der Waals surface area contributed by atoms with Crippen LogP contribution in [0, 0.1) is 0 Å². The van der Waals surface area contributed by atoms with Gasteiger partial charge in [-0.3, -0.25) is 9.69 Å². The third-order valence-electron chi connectivity index (χ3n) is 4.31. The maximum Gasteiger partial charge on any atom is 0.341 e. The number of benzene rings is 2. The van der Waals surface area contributed by atoms with Gasteiger partial charge in [0, 0.05) is 11.6 Å². The molecule has 2 aromatic rings. The molecule has 0 aliphatic carbocycles. The highest BCUT2D eigenvalue weighted by Crippen LogP contribution is 2.38. The van der Waals surface area contributed by atoms with Crippen LogP contribution in [-0.4, -0.2) is 61.0 Å². The van der Waals surface area contributed by atoms with Crippen molar-refractivity contribution in [1.82, 2.24) is 4.90 Å². The summed E-state index contributed by atoms with van der Waals surface area (Å²) in [6.07, 6.45) is 1.73. The summed E-state index contributed by atoms with van der Waals surface area (Å²) < 4.78 is 16.4. The smallest absolute Gasteiger partial charge is 0.341 e. The van der Waals surface area contributed by atoms with Gasteiger partial charge in [0.15, 0.2) is 23.3 Å². The van der Waals surface area contributed by atoms with Crippen molar-refractivity contribution >= 4 is 56.5 Å². The molecule has 0 spiro atoms. The maximum absolute atomic E-state index is 13.1.